The summed E-state index contributed by atoms with van der Waals surface area (Å²) in [4.78, 5) is 10.3. The van der Waals surface area contributed by atoms with Gasteiger partial charge in [0.2, 0.25) is 0 Å². The second-order valence-corrected chi connectivity index (χ2v) is 2.25. The quantitative estimate of drug-likeness (QED) is 0.542. The Kier molecular flexibility index (Phi) is 5.72. The fourth-order valence-corrected chi connectivity index (χ4v) is 0.610. The van der Waals surface area contributed by atoms with Crippen LogP contribution in [0.15, 0.2) is 0 Å². The lowest BCUT2D eigenvalue weighted by Crippen LogP contribution is -2.24. The summed E-state index contributed by atoms with van der Waals surface area (Å²) in [7, 11) is 1.35. The highest BCUT2D eigenvalue weighted by molar-refractivity contribution is 9.09. The second-order valence-electron chi connectivity index (χ2n) is 1.46. The normalized spacial score (nSPS) is 8.67. The first-order chi connectivity index (χ1) is 4.31. The van der Waals surface area contributed by atoms with Crippen LogP contribution < -0.4 is 5.32 Å². The van der Waals surface area contributed by atoms with Gasteiger partial charge in [0.25, 0.3) is 0 Å². The Morgan fingerprint density at radius 1 is 1.78 bits per heavy atom. The third-order valence-electron chi connectivity index (χ3n) is 0.765. The van der Waals surface area contributed by atoms with Crippen molar-refractivity contribution < 1.29 is 9.53 Å². The average Bonchev–Trinajstić information content (AvgIpc) is 1.89. The maximum absolute atomic E-state index is 10.3. The number of carbonyl (C=O) groups excluding carboxylic acids is 1. The van der Waals surface area contributed by atoms with E-state index in [9.17, 15) is 4.79 Å². The summed E-state index contributed by atoms with van der Waals surface area (Å²) in [5.41, 5.74) is 0. The Hall–Kier alpha value is -0.250. The van der Waals surface area contributed by atoms with E-state index in [1.54, 1.807) is 0 Å². The minimum atomic E-state index is -0.365. The van der Waals surface area contributed by atoms with Gasteiger partial charge in [-0.2, -0.15) is 0 Å². The molecule has 1 amide bonds. The number of methoxy groups -OCH3 is 1. The summed E-state index contributed by atoms with van der Waals surface area (Å²) in [5.74, 6) is 0. The van der Waals surface area contributed by atoms with Gasteiger partial charge in [0.05, 0.1) is 7.11 Å². The number of halogens is 1. The van der Waals surface area contributed by atoms with Gasteiger partial charge in [0.15, 0.2) is 0 Å². The molecule has 1 N–H and O–H groups in total. The molecule has 0 aliphatic heterocycles. The Labute approximate surface area is 62.9 Å². The molecule has 0 spiro atoms. The van der Waals surface area contributed by atoms with Crippen LogP contribution in [0.25, 0.3) is 0 Å². The summed E-state index contributed by atoms with van der Waals surface area (Å²) >= 11 is 3.23. The number of alkyl carbamates (subject to hydrolysis) is 1. The summed E-state index contributed by atoms with van der Waals surface area (Å²) in [5, 5.41) is 3.44. The van der Waals surface area contributed by atoms with Gasteiger partial charge in [-0.1, -0.05) is 15.9 Å². The highest BCUT2D eigenvalue weighted by Gasteiger charge is 1.93. The zero-order chi connectivity index (χ0) is 7.11. The van der Waals surface area contributed by atoms with Gasteiger partial charge in [-0.15, -0.1) is 0 Å². The van der Waals surface area contributed by atoms with Crippen LogP contribution in [0.5, 0.6) is 0 Å². The van der Waals surface area contributed by atoms with Crippen LogP contribution in [-0.4, -0.2) is 25.1 Å². The van der Waals surface area contributed by atoms with Crippen LogP contribution in [0, 0.1) is 0 Å². The van der Waals surface area contributed by atoms with E-state index in [1.807, 2.05) is 0 Å². The summed E-state index contributed by atoms with van der Waals surface area (Å²) in [6, 6.07) is 0. The van der Waals surface area contributed by atoms with Crippen molar-refractivity contribution in [3.8, 4) is 0 Å². The number of amides is 1. The topological polar surface area (TPSA) is 38.3 Å². The molecule has 0 unspecified atom stereocenters. The van der Waals surface area contributed by atoms with Crippen LogP contribution in [0.4, 0.5) is 4.79 Å². The lowest BCUT2D eigenvalue weighted by molar-refractivity contribution is 0.171. The lowest BCUT2D eigenvalue weighted by Gasteiger charge is -1.99. The fourth-order valence-electron chi connectivity index (χ4n) is 0.329. The number of nitrogens with one attached hydrogen (secondary N) is 1. The van der Waals surface area contributed by atoms with Crippen molar-refractivity contribution in [3.05, 3.63) is 0 Å². The standard InChI is InChI=1S/C5H10BrNO2/c1-9-5(8)7-4-2-3-6/h2-4H2,1H3,(H,7,8). The highest BCUT2D eigenvalue weighted by Crippen LogP contribution is 1.84. The number of carbonyl (C=O) groups is 1. The average molecular weight is 196 g/mol. The second kappa shape index (κ2) is 5.88. The van der Waals surface area contributed by atoms with Gasteiger partial charge in [0.1, 0.15) is 0 Å². The van der Waals surface area contributed by atoms with Crippen LogP contribution >= 0.6 is 15.9 Å². The van der Waals surface area contributed by atoms with Gasteiger partial charge >= 0.3 is 6.09 Å². The van der Waals surface area contributed by atoms with Gasteiger partial charge in [0, 0.05) is 11.9 Å². The van der Waals surface area contributed by atoms with Crippen molar-refractivity contribution >= 4 is 22.0 Å². The van der Waals surface area contributed by atoms with Crippen LogP contribution in [0.3, 0.4) is 0 Å². The SMILES string of the molecule is COC(=O)NCCCBr. The largest absolute Gasteiger partial charge is 0.453 e. The van der Waals surface area contributed by atoms with Gasteiger partial charge < -0.3 is 10.1 Å². The molecule has 54 valence electrons. The number of ether oxygens (including phenoxy) is 1. The first-order valence-corrected chi connectivity index (χ1v) is 3.81. The lowest BCUT2D eigenvalue weighted by atomic mass is 10.5. The molecule has 0 aliphatic carbocycles. The van der Waals surface area contributed by atoms with E-state index in [0.717, 1.165) is 11.8 Å². The molecule has 0 radical (unpaired) electrons. The maximum atomic E-state index is 10.3. The van der Waals surface area contributed by atoms with Crippen molar-refractivity contribution in [2.75, 3.05) is 19.0 Å². The number of hydrogen-bond donors (Lipinski definition) is 1. The first-order valence-electron chi connectivity index (χ1n) is 2.69. The number of rotatable bonds is 3. The van der Waals surface area contributed by atoms with Crippen molar-refractivity contribution in [2.45, 2.75) is 6.42 Å². The van der Waals surface area contributed by atoms with Gasteiger partial charge in [-0.05, 0) is 6.42 Å². The third-order valence-corrected chi connectivity index (χ3v) is 1.33. The zero-order valence-electron chi connectivity index (χ0n) is 5.32. The highest BCUT2D eigenvalue weighted by atomic mass is 79.9. The molecule has 0 aliphatic rings. The molecule has 0 aromatic rings. The molecule has 0 saturated carbocycles. The molecule has 0 aromatic carbocycles. The molecule has 4 heteroatoms. The molecule has 0 bridgehead atoms. The zero-order valence-corrected chi connectivity index (χ0v) is 6.90. The molecule has 3 nitrogen and oxygen atoms in total. The minimum Gasteiger partial charge on any atom is -0.453 e. The Morgan fingerprint density at radius 3 is 2.89 bits per heavy atom. The van der Waals surface area contributed by atoms with E-state index in [1.165, 1.54) is 7.11 Å². The molecule has 0 atom stereocenters. The summed E-state index contributed by atoms with van der Waals surface area (Å²) in [6.07, 6.45) is 0.561. The number of alkyl halides is 1. The van der Waals surface area contributed by atoms with Crippen LogP contribution in [-0.2, 0) is 4.74 Å². The minimum absolute atomic E-state index is 0.365. The predicted octanol–water partition coefficient (Wildman–Crippen LogP) is 1.13. The van der Waals surface area contributed by atoms with Crippen molar-refractivity contribution in [2.24, 2.45) is 0 Å². The van der Waals surface area contributed by atoms with Crippen molar-refractivity contribution in [1.82, 2.24) is 5.32 Å². The third kappa shape index (κ3) is 5.62. The van der Waals surface area contributed by atoms with Crippen LogP contribution in [0.2, 0.25) is 0 Å². The predicted molar refractivity (Wildman–Crippen MR) is 38.8 cm³/mol. The molecular formula is C5H10BrNO2. The fraction of sp³-hybridized carbons (Fsp3) is 0.800. The van der Waals surface area contributed by atoms with E-state index in [4.69, 9.17) is 0 Å². The molecule has 0 rings (SSSR count). The summed E-state index contributed by atoms with van der Waals surface area (Å²) < 4.78 is 4.33. The van der Waals surface area contributed by atoms with E-state index in [-0.39, 0.29) is 6.09 Å². The molecule has 0 heterocycles. The first kappa shape index (κ1) is 8.75. The summed E-state index contributed by atoms with van der Waals surface area (Å²) in [6.45, 7) is 0.665. The van der Waals surface area contributed by atoms with Gasteiger partial charge in [-0.3, -0.25) is 0 Å². The van der Waals surface area contributed by atoms with Crippen LogP contribution in [0.1, 0.15) is 6.42 Å². The van der Waals surface area contributed by atoms with E-state index < -0.39 is 0 Å². The van der Waals surface area contributed by atoms with Gasteiger partial charge in [-0.25, -0.2) is 4.79 Å². The van der Waals surface area contributed by atoms with Crippen molar-refractivity contribution in [3.63, 3.8) is 0 Å². The van der Waals surface area contributed by atoms with E-state index in [2.05, 4.69) is 26.0 Å². The maximum Gasteiger partial charge on any atom is 0.406 e. The monoisotopic (exact) mass is 195 g/mol. The van der Waals surface area contributed by atoms with E-state index in [0.29, 0.717) is 6.54 Å². The van der Waals surface area contributed by atoms with Crippen molar-refractivity contribution in [1.29, 1.82) is 0 Å². The molecule has 0 saturated heterocycles. The van der Waals surface area contributed by atoms with E-state index >= 15 is 0 Å². The Balaban J connectivity index is 2.97. The molecule has 0 aromatic heterocycles. The molecule has 9 heavy (non-hydrogen) atoms. The number of hydrogen-bond acceptors (Lipinski definition) is 2. The smallest absolute Gasteiger partial charge is 0.406 e. The molecular weight excluding hydrogens is 186 g/mol. The molecule has 0 fully saturated rings. The Morgan fingerprint density at radius 2 is 2.44 bits per heavy atom. The Bertz CT molecular complexity index is 87.0.